The summed E-state index contributed by atoms with van der Waals surface area (Å²) in [4.78, 5) is 16.7. The molecule has 6 nitrogen and oxygen atoms in total. The van der Waals surface area contributed by atoms with Crippen molar-refractivity contribution in [3.05, 3.63) is 71.6 Å². The summed E-state index contributed by atoms with van der Waals surface area (Å²) in [5.41, 5.74) is 1.95. The van der Waals surface area contributed by atoms with E-state index in [-0.39, 0.29) is 24.4 Å². The lowest BCUT2D eigenvalue weighted by molar-refractivity contribution is 0.0835. The average molecular weight is 367 g/mol. The number of nitrogens with zero attached hydrogens (tertiary/aromatic N) is 2. The van der Waals surface area contributed by atoms with Gasteiger partial charge in [0.1, 0.15) is 11.9 Å². The van der Waals surface area contributed by atoms with Gasteiger partial charge in [-0.15, -0.1) is 0 Å². The minimum Gasteiger partial charge on any atom is -0.368 e. The summed E-state index contributed by atoms with van der Waals surface area (Å²) in [5, 5.41) is 6.65. The number of amides is 1. The highest BCUT2D eigenvalue weighted by Crippen LogP contribution is 2.27. The maximum atomic E-state index is 13.4. The molecular weight excluding hydrogens is 349 g/mol. The lowest BCUT2D eigenvalue weighted by Crippen LogP contribution is -2.23. The number of nitrogens with one attached hydrogen (secondary N) is 1. The fourth-order valence-electron chi connectivity index (χ4n) is 3.01. The van der Waals surface area contributed by atoms with Gasteiger partial charge in [-0.05, 0) is 48.2 Å². The molecule has 1 amide bonds. The molecule has 0 aliphatic carbocycles. The zero-order valence-corrected chi connectivity index (χ0v) is 14.5. The first-order valence-electron chi connectivity index (χ1n) is 8.77. The van der Waals surface area contributed by atoms with E-state index in [1.165, 1.54) is 12.1 Å². The molecule has 0 spiro atoms. The van der Waals surface area contributed by atoms with E-state index in [1.807, 2.05) is 6.07 Å². The molecule has 27 heavy (non-hydrogen) atoms. The van der Waals surface area contributed by atoms with E-state index in [0.717, 1.165) is 18.4 Å². The largest absolute Gasteiger partial charge is 0.368 e. The Morgan fingerprint density at radius 3 is 2.78 bits per heavy atom. The van der Waals surface area contributed by atoms with Crippen LogP contribution in [0.4, 0.5) is 4.39 Å². The third-order valence-corrected chi connectivity index (χ3v) is 4.38. The lowest BCUT2D eigenvalue weighted by atomic mass is 10.0. The van der Waals surface area contributed by atoms with Crippen LogP contribution >= 0.6 is 0 Å². The molecule has 1 aliphatic rings. The fourth-order valence-corrected chi connectivity index (χ4v) is 3.01. The van der Waals surface area contributed by atoms with E-state index in [1.54, 1.807) is 30.3 Å². The molecule has 1 atom stereocenters. The molecule has 1 aliphatic heterocycles. The summed E-state index contributed by atoms with van der Waals surface area (Å²) in [6.45, 7) is 0.847. The minimum absolute atomic E-state index is 0.148. The number of rotatable bonds is 5. The normalized spacial score (nSPS) is 16.4. The van der Waals surface area contributed by atoms with Crippen LogP contribution < -0.4 is 5.32 Å². The predicted octanol–water partition coefficient (Wildman–Crippen LogP) is 3.66. The van der Waals surface area contributed by atoms with E-state index in [2.05, 4.69) is 15.5 Å². The molecule has 2 aromatic carbocycles. The van der Waals surface area contributed by atoms with Gasteiger partial charge in [0.05, 0.1) is 6.54 Å². The van der Waals surface area contributed by atoms with Crippen LogP contribution in [0.25, 0.3) is 11.1 Å². The molecule has 0 radical (unpaired) electrons. The van der Waals surface area contributed by atoms with Crippen LogP contribution in [0.3, 0.4) is 0 Å². The van der Waals surface area contributed by atoms with Crippen molar-refractivity contribution in [2.75, 3.05) is 6.61 Å². The van der Waals surface area contributed by atoms with E-state index in [9.17, 15) is 9.18 Å². The van der Waals surface area contributed by atoms with Crippen molar-refractivity contribution >= 4 is 5.91 Å². The Balaban J connectivity index is 1.42. The first kappa shape index (κ1) is 17.4. The number of hydrogen-bond donors (Lipinski definition) is 1. The van der Waals surface area contributed by atoms with Gasteiger partial charge in [-0.3, -0.25) is 4.79 Å². The number of hydrogen-bond acceptors (Lipinski definition) is 5. The molecule has 3 aromatic rings. The first-order valence-corrected chi connectivity index (χ1v) is 8.77. The van der Waals surface area contributed by atoms with Gasteiger partial charge in [0.15, 0.2) is 5.82 Å². The Morgan fingerprint density at radius 2 is 2.00 bits per heavy atom. The van der Waals surface area contributed by atoms with E-state index < -0.39 is 0 Å². The molecule has 4 rings (SSSR count). The number of carbonyl (C=O) groups is 1. The van der Waals surface area contributed by atoms with Gasteiger partial charge in [0.25, 0.3) is 11.8 Å². The topological polar surface area (TPSA) is 77.2 Å². The molecule has 2 heterocycles. The zero-order valence-electron chi connectivity index (χ0n) is 14.5. The number of benzene rings is 2. The Bertz CT molecular complexity index is 951. The number of ether oxygens (including phenoxy) is 1. The minimum atomic E-state index is -0.318. The van der Waals surface area contributed by atoms with Crippen LogP contribution in [-0.4, -0.2) is 22.7 Å². The molecule has 1 fully saturated rings. The van der Waals surface area contributed by atoms with Crippen molar-refractivity contribution in [2.45, 2.75) is 25.5 Å². The molecule has 138 valence electrons. The van der Waals surface area contributed by atoms with E-state index >= 15 is 0 Å². The van der Waals surface area contributed by atoms with Gasteiger partial charge in [-0.25, -0.2) is 4.39 Å². The number of carbonyl (C=O) groups excluding carboxylic acids is 1. The average Bonchev–Trinajstić information content (AvgIpc) is 3.38. The SMILES string of the molecule is O=C(NCc1noc(C2CCCO2)n1)c1cccc(-c2cccc(F)c2)c1. The quantitative estimate of drug-likeness (QED) is 0.745. The van der Waals surface area contributed by atoms with Crippen molar-refractivity contribution in [3.63, 3.8) is 0 Å². The van der Waals surface area contributed by atoms with Gasteiger partial charge in [0.2, 0.25) is 0 Å². The summed E-state index contributed by atoms with van der Waals surface area (Å²) < 4.78 is 24.1. The van der Waals surface area contributed by atoms with Crippen molar-refractivity contribution in [3.8, 4) is 11.1 Å². The molecule has 1 N–H and O–H groups in total. The Hall–Kier alpha value is -3.06. The molecular formula is C20H18FN3O3. The molecule has 1 saturated heterocycles. The van der Waals surface area contributed by atoms with Crippen molar-refractivity contribution in [1.29, 1.82) is 0 Å². The van der Waals surface area contributed by atoms with E-state index in [0.29, 0.717) is 29.4 Å². The van der Waals surface area contributed by atoms with Gasteiger partial charge >= 0.3 is 0 Å². The van der Waals surface area contributed by atoms with Gasteiger partial charge < -0.3 is 14.6 Å². The Labute approximate surface area is 155 Å². The number of halogens is 1. The lowest BCUT2D eigenvalue weighted by Gasteiger charge is -2.06. The summed E-state index contributed by atoms with van der Waals surface area (Å²) in [6.07, 6.45) is 1.69. The van der Waals surface area contributed by atoms with E-state index in [4.69, 9.17) is 9.26 Å². The van der Waals surface area contributed by atoms with Crippen LogP contribution in [0.15, 0.2) is 53.1 Å². The highest BCUT2D eigenvalue weighted by atomic mass is 19.1. The van der Waals surface area contributed by atoms with Gasteiger partial charge in [-0.1, -0.05) is 29.4 Å². The molecule has 0 bridgehead atoms. The highest BCUT2D eigenvalue weighted by Gasteiger charge is 2.23. The third kappa shape index (κ3) is 4.03. The summed E-state index contributed by atoms with van der Waals surface area (Å²) in [6, 6.07) is 13.3. The van der Waals surface area contributed by atoms with Gasteiger partial charge in [0, 0.05) is 12.2 Å². The standard InChI is InChI=1S/C20H18FN3O3/c21-16-7-2-5-14(11-16)13-4-1-6-15(10-13)19(25)22-12-18-23-20(27-24-18)17-8-3-9-26-17/h1-2,4-7,10-11,17H,3,8-9,12H2,(H,22,25). The van der Waals surface area contributed by atoms with Crippen LogP contribution in [0.1, 0.15) is 41.0 Å². The van der Waals surface area contributed by atoms with Crippen LogP contribution in [0, 0.1) is 5.82 Å². The van der Waals surface area contributed by atoms with Crippen molar-refractivity contribution in [2.24, 2.45) is 0 Å². The number of aromatic nitrogens is 2. The van der Waals surface area contributed by atoms with Crippen molar-refractivity contribution < 1.29 is 18.4 Å². The Morgan fingerprint density at radius 1 is 1.19 bits per heavy atom. The maximum Gasteiger partial charge on any atom is 0.255 e. The third-order valence-electron chi connectivity index (χ3n) is 4.38. The second kappa shape index (κ2) is 7.67. The molecule has 1 unspecified atom stereocenters. The second-order valence-electron chi connectivity index (χ2n) is 6.32. The summed E-state index contributed by atoms with van der Waals surface area (Å²) >= 11 is 0. The maximum absolute atomic E-state index is 13.4. The van der Waals surface area contributed by atoms with Crippen molar-refractivity contribution in [1.82, 2.24) is 15.5 Å². The summed E-state index contributed by atoms with van der Waals surface area (Å²) in [7, 11) is 0. The second-order valence-corrected chi connectivity index (χ2v) is 6.32. The fraction of sp³-hybridized carbons (Fsp3) is 0.250. The van der Waals surface area contributed by atoms with Crippen LogP contribution in [0.5, 0.6) is 0 Å². The Kier molecular flexibility index (Phi) is 4.93. The first-order chi connectivity index (χ1) is 13.2. The summed E-state index contributed by atoms with van der Waals surface area (Å²) in [5.74, 6) is 0.262. The molecule has 0 saturated carbocycles. The molecule has 7 heteroatoms. The zero-order chi connectivity index (χ0) is 18.6. The highest BCUT2D eigenvalue weighted by molar-refractivity contribution is 5.95. The smallest absolute Gasteiger partial charge is 0.255 e. The van der Waals surface area contributed by atoms with Crippen LogP contribution in [-0.2, 0) is 11.3 Å². The molecule has 1 aromatic heterocycles. The van der Waals surface area contributed by atoms with Crippen LogP contribution in [0.2, 0.25) is 0 Å². The predicted molar refractivity (Wildman–Crippen MR) is 95.2 cm³/mol. The monoisotopic (exact) mass is 367 g/mol. The van der Waals surface area contributed by atoms with Gasteiger partial charge in [-0.2, -0.15) is 4.98 Å².